The summed E-state index contributed by atoms with van der Waals surface area (Å²) in [5, 5.41) is 11.2. The average Bonchev–Trinajstić information content (AvgIpc) is 0.783. The summed E-state index contributed by atoms with van der Waals surface area (Å²) in [6, 6.07) is 60.6. The van der Waals surface area contributed by atoms with Gasteiger partial charge in [-0.3, -0.25) is 41.5 Å². The highest BCUT2D eigenvalue weighted by atomic mass is 31.2. The van der Waals surface area contributed by atoms with Crippen LogP contribution in [0, 0.1) is 23.7 Å². The molecule has 0 saturated heterocycles. The van der Waals surface area contributed by atoms with Crippen molar-refractivity contribution >= 4 is 55.6 Å². The highest BCUT2D eigenvalue weighted by Crippen LogP contribution is 2.54. The Bertz CT molecular complexity index is 4430. The van der Waals surface area contributed by atoms with Crippen LogP contribution < -0.4 is 21.3 Å². The third kappa shape index (κ3) is 29.3. The molecule has 3 fully saturated rings. The molecular formula is C88H117N4O24P3Si. The molecule has 3 unspecified atom stereocenters. The number of hydrogen-bond donors (Lipinski definition) is 7. The molecule has 7 aromatic carbocycles. The van der Waals surface area contributed by atoms with Gasteiger partial charge in [-0.25, -0.2) is 18.5 Å². The first-order valence-electron chi connectivity index (χ1n) is 40.7. The molecule has 7 N–H and O–H groups in total. The molecule has 10 rings (SSSR count). The Hall–Kier alpha value is -7.51. The molecule has 28 nitrogen and oxygen atoms in total. The molecular weight excluding hydrogens is 1620 g/mol. The van der Waals surface area contributed by atoms with Crippen molar-refractivity contribution in [3.05, 3.63) is 251 Å². The van der Waals surface area contributed by atoms with Crippen LogP contribution in [0.2, 0.25) is 18.1 Å². The van der Waals surface area contributed by atoms with Gasteiger partial charge in [0.15, 0.2) is 8.32 Å². The summed E-state index contributed by atoms with van der Waals surface area (Å²) < 4.78 is 135. The second kappa shape index (κ2) is 45.7. The SMILES string of the molecule is CC(=O)N[C@H]1[C@@H](OCc2ccccc2)[C@H](OCc2ccccc2)[C@@H](CO[Si](C)(C)C(C)(C)C(C)C)C[C@@H]1OP(=O)(O)OC[C@H]1C[C@H](OP(=O)(O)OC[C@H]2C[C@H](OP(=O)(O)OCCCNC(=O)OCc3ccccc3)[C@@H](NC(C)=O)[C@@H](OCc3ccccc3)[C@@H]2OCc2ccccc2)[C@@H](NC(C)=O)[C@@H](OCc2ccccc2)[C@@H]1OCc1ccccc1. The van der Waals surface area contributed by atoms with Crippen LogP contribution in [0.25, 0.3) is 0 Å². The fourth-order valence-corrected chi connectivity index (χ4v) is 20.5. The molecule has 3 aliphatic rings. The highest BCUT2D eigenvalue weighted by molar-refractivity contribution is 7.48. The maximum Gasteiger partial charge on any atom is 0.472 e. The number of ether oxygens (including phenoxy) is 7. The van der Waals surface area contributed by atoms with E-state index in [1.165, 1.54) is 20.8 Å². The van der Waals surface area contributed by atoms with Crippen molar-refractivity contribution < 1.29 is 112 Å². The van der Waals surface area contributed by atoms with Gasteiger partial charge in [0.2, 0.25) is 17.7 Å². The predicted octanol–water partition coefficient (Wildman–Crippen LogP) is 14.6. The number of carbonyl (C=O) groups is 4. The topological polar surface area (TPSA) is 358 Å². The Morgan fingerprint density at radius 3 is 0.933 bits per heavy atom. The van der Waals surface area contributed by atoms with Gasteiger partial charge in [-0.05, 0) is 88.7 Å². The van der Waals surface area contributed by atoms with E-state index in [9.17, 15) is 38.4 Å². The maximum atomic E-state index is 15.4. The lowest BCUT2D eigenvalue weighted by Gasteiger charge is -2.48. The standard InChI is InChI=1S/C88H117N4O24P3Si/c1-61(2)88(6,7)120(8,9)113-60-74-50-77(80(92-64(5)95)86(108-56-70-42-27-15-28-43-70)83(74)105-53-67-36-21-12-22-37-67)116-119(101,102)112-59-73-49-76(79(91-63(4)94)85(107-55-69-40-25-14-26-41-69)82(73)104-52-66-34-19-11-20-35-66)115-118(99,100)111-58-72-48-75(114-117(97,98)110-47-31-46-89-87(96)109-57-71-44-29-16-30-45-71)78(90-62(3)93)84(106-54-68-38-23-13-24-39-68)81(72)103-51-65-32-17-10-18-33-65/h10-30,32-45,61,72-86H,31,46-60H2,1-9H3,(H,89,96)(H,90,93)(H,91,94)(H,92,95)(H,97,98)(H,99,100)(H,101,102)/t72-,73-,74-,75+,76+,77+,78-,79-,80-,81-,82-,83-,84-,85-,86-/m1/s1. The lowest BCUT2D eigenvalue weighted by atomic mass is 9.79. The zero-order valence-electron chi connectivity index (χ0n) is 69.5. The van der Waals surface area contributed by atoms with Crippen LogP contribution in [-0.4, -0.2) is 153 Å². The van der Waals surface area contributed by atoms with Gasteiger partial charge >= 0.3 is 29.6 Å². The van der Waals surface area contributed by atoms with Gasteiger partial charge in [-0.1, -0.05) is 240 Å². The highest BCUT2D eigenvalue weighted by Gasteiger charge is 2.55. The van der Waals surface area contributed by atoms with Crippen LogP contribution in [0.3, 0.4) is 0 Å². The van der Waals surface area contributed by atoms with Gasteiger partial charge in [-0.15, -0.1) is 0 Å². The molecule has 0 radical (unpaired) electrons. The van der Waals surface area contributed by atoms with E-state index in [1.54, 1.807) is 24.3 Å². The molecule has 652 valence electrons. The van der Waals surface area contributed by atoms with Crippen LogP contribution in [0.1, 0.15) is 113 Å². The Kier molecular flexibility index (Phi) is 36.1. The number of phosphoric ester groups is 3. The van der Waals surface area contributed by atoms with E-state index in [1.807, 2.05) is 188 Å². The number of alkyl carbamates (subject to hydrolysis) is 1. The first-order chi connectivity index (χ1) is 57.4. The zero-order chi connectivity index (χ0) is 85.9. The summed E-state index contributed by atoms with van der Waals surface area (Å²) in [4.78, 5) is 90.0. The molecule has 0 heterocycles. The number of amides is 4. The summed E-state index contributed by atoms with van der Waals surface area (Å²) in [6.45, 7) is 15.0. The Labute approximate surface area is 705 Å². The van der Waals surface area contributed by atoms with Crippen LogP contribution >= 0.6 is 23.5 Å². The van der Waals surface area contributed by atoms with Crippen molar-refractivity contribution in [1.82, 2.24) is 21.3 Å². The quantitative estimate of drug-likeness (QED) is 0.0106. The lowest BCUT2D eigenvalue weighted by Crippen LogP contribution is -2.63. The van der Waals surface area contributed by atoms with Crippen molar-refractivity contribution in [2.75, 3.05) is 33.0 Å². The van der Waals surface area contributed by atoms with Crippen LogP contribution in [0.15, 0.2) is 212 Å². The van der Waals surface area contributed by atoms with Gasteiger partial charge in [-0.2, -0.15) is 0 Å². The molecule has 3 saturated carbocycles. The summed E-state index contributed by atoms with van der Waals surface area (Å²) in [5.74, 6) is -4.27. The lowest BCUT2D eigenvalue weighted by molar-refractivity contribution is -0.176. The molecule has 0 bridgehead atoms. The van der Waals surface area contributed by atoms with E-state index in [-0.39, 0.29) is 96.0 Å². The van der Waals surface area contributed by atoms with E-state index in [2.05, 4.69) is 62.1 Å². The molecule has 32 heteroatoms. The summed E-state index contributed by atoms with van der Waals surface area (Å²) in [7, 11) is -18.6. The number of nitrogens with one attached hydrogen (secondary N) is 4. The monoisotopic (exact) mass is 1730 g/mol. The fraction of sp³-hybridized carbons (Fsp3) is 0.477. The Morgan fingerprint density at radius 1 is 0.400 bits per heavy atom. The van der Waals surface area contributed by atoms with Gasteiger partial charge in [0.1, 0.15) is 24.9 Å². The zero-order valence-corrected chi connectivity index (χ0v) is 73.2. The van der Waals surface area contributed by atoms with Crippen molar-refractivity contribution in [3.63, 3.8) is 0 Å². The van der Waals surface area contributed by atoms with Gasteiger partial charge in [0, 0.05) is 51.7 Å². The molecule has 18 atom stereocenters. The fourth-order valence-electron chi connectivity index (χ4n) is 15.1. The number of carbonyl (C=O) groups excluding carboxylic acids is 4. The number of phosphoric acid groups is 3. The number of hydrogen-bond acceptors (Lipinski definition) is 21. The largest absolute Gasteiger partial charge is 0.472 e. The maximum absolute atomic E-state index is 15.4. The summed E-state index contributed by atoms with van der Waals surface area (Å²) in [5.41, 5.74) is 5.22. The molecule has 0 aromatic heterocycles. The van der Waals surface area contributed by atoms with E-state index in [0.29, 0.717) is 22.3 Å². The molecule has 7 aromatic rings. The van der Waals surface area contributed by atoms with E-state index < -0.39 is 166 Å². The molecule has 4 amide bonds. The van der Waals surface area contributed by atoms with Crippen LogP contribution in [-0.2, 0) is 139 Å². The van der Waals surface area contributed by atoms with E-state index in [4.69, 9.17) is 64.7 Å². The van der Waals surface area contributed by atoms with Gasteiger partial charge < -0.3 is 73.5 Å². The van der Waals surface area contributed by atoms with Crippen LogP contribution in [0.5, 0.6) is 0 Å². The molecule has 120 heavy (non-hydrogen) atoms. The second-order valence-electron chi connectivity index (χ2n) is 32.0. The van der Waals surface area contributed by atoms with E-state index >= 15 is 9.13 Å². The summed E-state index contributed by atoms with van der Waals surface area (Å²) in [6.07, 6.45) is -12.5. The first kappa shape index (κ1) is 94.7. The Balaban J connectivity index is 0.967. The first-order valence-corrected chi connectivity index (χ1v) is 48.1. The summed E-state index contributed by atoms with van der Waals surface area (Å²) >= 11 is 0. The molecule has 3 aliphatic carbocycles. The Morgan fingerprint density at radius 2 is 0.658 bits per heavy atom. The molecule has 0 aliphatic heterocycles. The normalized spacial score (nSPS) is 24.9. The van der Waals surface area contributed by atoms with Crippen molar-refractivity contribution in [2.45, 2.75) is 212 Å². The van der Waals surface area contributed by atoms with Crippen molar-refractivity contribution in [2.24, 2.45) is 23.7 Å². The van der Waals surface area contributed by atoms with Crippen molar-refractivity contribution in [1.29, 1.82) is 0 Å². The average molecular weight is 1740 g/mol. The third-order valence-corrected chi connectivity index (χ3v) is 30.1. The smallest absolute Gasteiger partial charge is 0.445 e. The van der Waals surface area contributed by atoms with Gasteiger partial charge in [0.25, 0.3) is 0 Å². The van der Waals surface area contributed by atoms with Gasteiger partial charge in [0.05, 0.1) is 114 Å². The number of benzene rings is 7. The number of rotatable bonds is 45. The second-order valence-corrected chi connectivity index (χ2v) is 40.9. The third-order valence-electron chi connectivity index (χ3n) is 22.5. The predicted molar refractivity (Wildman–Crippen MR) is 451 cm³/mol. The minimum atomic E-state index is -5.50. The minimum absolute atomic E-state index is 0.00337. The molecule has 0 spiro atoms. The van der Waals surface area contributed by atoms with Crippen LogP contribution in [0.4, 0.5) is 4.79 Å². The van der Waals surface area contributed by atoms with Crippen molar-refractivity contribution in [3.8, 4) is 0 Å². The minimum Gasteiger partial charge on any atom is -0.445 e. The van der Waals surface area contributed by atoms with E-state index in [0.717, 1.165) is 16.7 Å².